The minimum Gasteiger partial charge on any atom is -0.491 e. The van der Waals surface area contributed by atoms with E-state index in [9.17, 15) is 4.79 Å². The normalized spacial score (nSPS) is 18.4. The Bertz CT molecular complexity index is 1020. The summed E-state index contributed by atoms with van der Waals surface area (Å²) in [5.74, 6) is 0.865. The Labute approximate surface area is 189 Å². The number of nitrogens with zero attached hydrogens (tertiary/aromatic N) is 2. The van der Waals surface area contributed by atoms with Crippen LogP contribution in [0.1, 0.15) is 5.56 Å². The van der Waals surface area contributed by atoms with Gasteiger partial charge in [-0.05, 0) is 18.4 Å². The number of amides is 1. The Morgan fingerprint density at radius 1 is 1.10 bits per heavy atom. The van der Waals surface area contributed by atoms with Crippen molar-refractivity contribution in [3.05, 3.63) is 64.0 Å². The van der Waals surface area contributed by atoms with Gasteiger partial charge in [0, 0.05) is 42.4 Å². The summed E-state index contributed by atoms with van der Waals surface area (Å²) in [5, 5.41) is 0.969. The molecule has 0 radical (unpaired) electrons. The molecule has 0 aromatic heterocycles. The third-order valence-corrected chi connectivity index (χ3v) is 8.41. The lowest BCUT2D eigenvalue weighted by atomic mass is 10.2. The molecule has 2 aliphatic heterocycles. The summed E-state index contributed by atoms with van der Waals surface area (Å²) in [4.78, 5) is 17.3. The number of ether oxygens (including phenoxy) is 2. The molecule has 0 N–H and O–H groups in total. The molecule has 2 aromatic rings. The molecule has 0 bridgehead atoms. The molecule has 0 unspecified atom stereocenters. The Hall–Kier alpha value is -1.87. The average molecular weight is 460 g/mol. The predicted octanol–water partition coefficient (Wildman–Crippen LogP) is 4.63. The monoisotopic (exact) mass is 459 g/mol. The number of rotatable bonds is 6. The number of anilines is 1. The zero-order valence-corrected chi connectivity index (χ0v) is 19.5. The van der Waals surface area contributed by atoms with Crippen LogP contribution in [-0.4, -0.2) is 48.5 Å². The third kappa shape index (κ3) is 4.27. The van der Waals surface area contributed by atoms with Crippen molar-refractivity contribution >= 4 is 51.3 Å². The maximum absolute atomic E-state index is 13.3. The highest BCUT2D eigenvalue weighted by Crippen LogP contribution is 2.50. The maximum atomic E-state index is 13.3. The molecule has 156 valence electrons. The van der Waals surface area contributed by atoms with Gasteiger partial charge in [0.1, 0.15) is 17.4 Å². The first-order valence-electron chi connectivity index (χ1n) is 9.48. The maximum Gasteiger partial charge on any atom is 0.430 e. The molecule has 0 saturated heterocycles. The van der Waals surface area contributed by atoms with Crippen molar-refractivity contribution in [1.29, 1.82) is 0 Å². The van der Waals surface area contributed by atoms with Crippen LogP contribution in [0.25, 0.3) is 0 Å². The molecule has 4 rings (SSSR count). The lowest BCUT2D eigenvalue weighted by Gasteiger charge is -2.15. The van der Waals surface area contributed by atoms with Crippen molar-refractivity contribution in [2.45, 2.75) is 11.4 Å². The number of hydrogen-bond acceptors (Lipinski definition) is 7. The van der Waals surface area contributed by atoms with Crippen molar-refractivity contribution < 1.29 is 18.8 Å². The molecular weight excluding hydrogens is 436 g/mol. The summed E-state index contributed by atoms with van der Waals surface area (Å²) in [5.41, 5.74) is 2.18. The molecule has 5 nitrogen and oxygen atoms in total. The van der Waals surface area contributed by atoms with Gasteiger partial charge in [-0.3, -0.25) is 0 Å². The minimum atomic E-state index is 0.0620. The Morgan fingerprint density at radius 3 is 2.63 bits per heavy atom. The second-order valence-corrected chi connectivity index (χ2v) is 9.80. The fraction of sp³-hybridized carbons (Fsp3) is 0.273. The smallest absolute Gasteiger partial charge is 0.430 e. The first-order valence-corrected chi connectivity index (χ1v) is 12.3. The van der Waals surface area contributed by atoms with Crippen LogP contribution in [-0.2, 0) is 16.1 Å². The molecule has 2 aromatic carbocycles. The van der Waals surface area contributed by atoms with Crippen LogP contribution in [0.5, 0.6) is 5.75 Å². The van der Waals surface area contributed by atoms with E-state index >= 15 is 0 Å². The zero-order chi connectivity index (χ0) is 21.1. The average Bonchev–Trinajstić information content (AvgIpc) is 3.26. The standard InChI is InChI=1S/C22H23N2O3S3/c1-23-17-13-16(27-12-11-26-2)9-10-18(17)29-21(23)19-20(25)24(22(28-3)30-19)14-15-7-5-4-6-8-15/h4-10,13H,11-12,14H2,1-3H3/q+1. The van der Waals surface area contributed by atoms with E-state index in [1.54, 1.807) is 42.4 Å². The number of carbonyl (C=O) groups excluding carboxylic acids is 1. The fourth-order valence-electron chi connectivity index (χ4n) is 3.24. The van der Waals surface area contributed by atoms with Crippen molar-refractivity contribution in [2.75, 3.05) is 38.5 Å². The summed E-state index contributed by atoms with van der Waals surface area (Å²) in [7, 11) is 3.67. The van der Waals surface area contributed by atoms with Crippen LogP contribution in [0, 0.1) is 0 Å². The quantitative estimate of drug-likeness (QED) is 0.354. The number of fused-ring (bicyclic) bond motifs is 1. The van der Waals surface area contributed by atoms with E-state index in [1.165, 1.54) is 0 Å². The summed E-state index contributed by atoms with van der Waals surface area (Å²) in [6.07, 6.45) is 2.02. The second-order valence-electron chi connectivity index (χ2n) is 6.72. The minimum absolute atomic E-state index is 0.0620. The first kappa shape index (κ1) is 21.4. The molecular formula is C22H23N2O3S3+. The van der Waals surface area contributed by atoms with E-state index in [4.69, 9.17) is 9.47 Å². The van der Waals surface area contributed by atoms with Crippen molar-refractivity contribution in [2.24, 2.45) is 0 Å². The van der Waals surface area contributed by atoms with Gasteiger partial charge in [-0.2, -0.15) is 0 Å². The third-order valence-electron chi connectivity index (χ3n) is 4.76. The number of benzene rings is 2. The van der Waals surface area contributed by atoms with Gasteiger partial charge in [-0.25, -0.2) is 4.79 Å². The first-order chi connectivity index (χ1) is 14.6. The molecule has 2 aliphatic rings. The largest absolute Gasteiger partial charge is 0.491 e. The molecule has 0 spiro atoms. The van der Waals surface area contributed by atoms with Crippen molar-refractivity contribution in [3.8, 4) is 5.75 Å². The summed E-state index contributed by atoms with van der Waals surface area (Å²) in [6, 6.07) is 16.2. The topological polar surface area (TPSA) is 41.8 Å². The van der Waals surface area contributed by atoms with Crippen molar-refractivity contribution in [3.63, 3.8) is 0 Å². The van der Waals surface area contributed by atoms with E-state index in [-0.39, 0.29) is 5.91 Å². The SMILES string of the molecule is COCCOc1ccc2c(c1)N(C)C(=C1SC(SC)=[N+](Cc3ccccc3)C1=O)S2. The highest BCUT2D eigenvalue weighted by atomic mass is 32.2. The molecule has 8 heteroatoms. The highest BCUT2D eigenvalue weighted by molar-refractivity contribution is 8.40. The lowest BCUT2D eigenvalue weighted by Crippen LogP contribution is -2.21. The Balaban J connectivity index is 1.58. The Kier molecular flexibility index (Phi) is 6.77. The molecule has 0 atom stereocenters. The van der Waals surface area contributed by atoms with Gasteiger partial charge < -0.3 is 14.4 Å². The van der Waals surface area contributed by atoms with Crippen molar-refractivity contribution in [1.82, 2.24) is 0 Å². The van der Waals surface area contributed by atoms with Crippen LogP contribution < -0.4 is 9.64 Å². The molecule has 1 amide bonds. The van der Waals surface area contributed by atoms with Crippen LogP contribution >= 0.6 is 35.3 Å². The molecule has 0 saturated carbocycles. The number of methoxy groups -OCH3 is 1. The van der Waals surface area contributed by atoms with E-state index in [0.717, 1.165) is 36.2 Å². The fourth-order valence-corrected chi connectivity index (χ4v) is 6.36. The Morgan fingerprint density at radius 2 is 1.90 bits per heavy atom. The van der Waals surface area contributed by atoms with Gasteiger partial charge >= 0.3 is 5.91 Å². The van der Waals surface area contributed by atoms with E-state index in [2.05, 4.69) is 23.1 Å². The molecule has 30 heavy (non-hydrogen) atoms. The summed E-state index contributed by atoms with van der Waals surface area (Å²) in [6.45, 7) is 1.64. The van der Waals surface area contributed by atoms with Gasteiger partial charge in [-0.1, -0.05) is 53.9 Å². The van der Waals surface area contributed by atoms with Gasteiger partial charge in [-0.15, -0.1) is 4.58 Å². The van der Waals surface area contributed by atoms with Crippen LogP contribution in [0.15, 0.2) is 63.4 Å². The highest BCUT2D eigenvalue weighted by Gasteiger charge is 2.42. The number of thioether (sulfide) groups is 3. The second kappa shape index (κ2) is 9.51. The van der Waals surface area contributed by atoms with E-state index in [0.29, 0.717) is 19.8 Å². The van der Waals surface area contributed by atoms with Gasteiger partial charge in [0.25, 0.3) is 4.38 Å². The summed E-state index contributed by atoms with van der Waals surface area (Å²) >= 11 is 4.82. The van der Waals surface area contributed by atoms with Gasteiger partial charge in [0.2, 0.25) is 0 Å². The number of hydrogen-bond donors (Lipinski definition) is 0. The zero-order valence-electron chi connectivity index (χ0n) is 17.1. The van der Waals surface area contributed by atoms with Gasteiger partial charge in [0.05, 0.1) is 12.3 Å². The van der Waals surface area contributed by atoms with Crippen LogP contribution in [0.2, 0.25) is 0 Å². The predicted molar refractivity (Wildman–Crippen MR) is 127 cm³/mol. The van der Waals surface area contributed by atoms with E-state index < -0.39 is 0 Å². The van der Waals surface area contributed by atoms with Crippen LogP contribution in [0.3, 0.4) is 0 Å². The lowest BCUT2D eigenvalue weighted by molar-refractivity contribution is -0.453. The molecule has 2 heterocycles. The molecule has 0 fully saturated rings. The van der Waals surface area contributed by atoms with E-state index in [1.807, 2.05) is 48.2 Å². The van der Waals surface area contributed by atoms with Gasteiger partial charge in [0.15, 0.2) is 11.4 Å². The van der Waals surface area contributed by atoms with Crippen LogP contribution in [0.4, 0.5) is 5.69 Å². The molecule has 0 aliphatic carbocycles. The summed E-state index contributed by atoms with van der Waals surface area (Å²) < 4.78 is 13.7. The number of carbonyl (C=O) groups is 1.